The van der Waals surface area contributed by atoms with Gasteiger partial charge in [-0.1, -0.05) is 35.7 Å². The van der Waals surface area contributed by atoms with Gasteiger partial charge in [-0.15, -0.1) is 0 Å². The highest BCUT2D eigenvalue weighted by Crippen LogP contribution is 2.23. The Kier molecular flexibility index (Phi) is 6.03. The summed E-state index contributed by atoms with van der Waals surface area (Å²) in [7, 11) is -3.87. The van der Waals surface area contributed by atoms with Crippen LogP contribution in [0.2, 0.25) is 0 Å². The van der Waals surface area contributed by atoms with Crippen LogP contribution in [0.4, 0.5) is 4.39 Å². The molecule has 3 rings (SSSR count). The van der Waals surface area contributed by atoms with Crippen molar-refractivity contribution in [2.24, 2.45) is 4.99 Å². The number of hydrogen-bond acceptors (Lipinski definition) is 6. The minimum absolute atomic E-state index is 0.0249. The van der Waals surface area contributed by atoms with Crippen LogP contribution < -0.4 is 0 Å². The molecule has 2 heterocycles. The Balaban J connectivity index is 1.56. The molecular formula is C15H18FN3O3S3. The molecule has 0 saturated carbocycles. The van der Waals surface area contributed by atoms with Gasteiger partial charge in [0.15, 0.2) is 0 Å². The van der Waals surface area contributed by atoms with E-state index in [9.17, 15) is 17.6 Å². The highest BCUT2D eigenvalue weighted by Gasteiger charge is 2.31. The van der Waals surface area contributed by atoms with Crippen molar-refractivity contribution < 1.29 is 17.6 Å². The fourth-order valence-electron chi connectivity index (χ4n) is 2.59. The van der Waals surface area contributed by atoms with Gasteiger partial charge in [0.1, 0.15) is 15.1 Å². The zero-order valence-electron chi connectivity index (χ0n) is 13.4. The molecule has 136 valence electrons. The van der Waals surface area contributed by atoms with Gasteiger partial charge in [0.2, 0.25) is 15.9 Å². The summed E-state index contributed by atoms with van der Waals surface area (Å²) in [4.78, 5) is 17.9. The molecule has 0 radical (unpaired) electrons. The van der Waals surface area contributed by atoms with Gasteiger partial charge in [0.25, 0.3) is 0 Å². The Morgan fingerprint density at radius 3 is 2.60 bits per heavy atom. The molecule has 0 aliphatic carbocycles. The van der Waals surface area contributed by atoms with Crippen LogP contribution in [0.3, 0.4) is 0 Å². The maximum Gasteiger partial charge on any atom is 0.246 e. The second kappa shape index (κ2) is 8.07. The minimum atomic E-state index is -3.87. The van der Waals surface area contributed by atoms with Gasteiger partial charge >= 0.3 is 0 Å². The van der Waals surface area contributed by atoms with Gasteiger partial charge in [-0.3, -0.25) is 9.79 Å². The van der Waals surface area contributed by atoms with Crippen LogP contribution in [0.1, 0.15) is 0 Å². The van der Waals surface area contributed by atoms with Gasteiger partial charge in [-0.05, 0) is 12.1 Å². The number of aliphatic imine (C=N–C) groups is 1. The van der Waals surface area contributed by atoms with Crippen LogP contribution in [-0.4, -0.2) is 72.1 Å². The van der Waals surface area contributed by atoms with Crippen LogP contribution in [0.5, 0.6) is 0 Å². The maximum absolute atomic E-state index is 13.8. The first-order valence-electron chi connectivity index (χ1n) is 7.81. The number of sulfonamides is 1. The van der Waals surface area contributed by atoms with Crippen molar-refractivity contribution in [1.82, 2.24) is 9.21 Å². The molecule has 0 aromatic heterocycles. The summed E-state index contributed by atoms with van der Waals surface area (Å²) in [5.41, 5.74) is 0. The van der Waals surface area contributed by atoms with Gasteiger partial charge < -0.3 is 4.90 Å². The number of hydrogen-bond donors (Lipinski definition) is 0. The maximum atomic E-state index is 13.8. The van der Waals surface area contributed by atoms with E-state index in [2.05, 4.69) is 4.99 Å². The Morgan fingerprint density at radius 1 is 1.24 bits per heavy atom. The molecule has 0 bridgehead atoms. The number of benzene rings is 1. The Hall–Kier alpha value is -1.10. The predicted octanol–water partition coefficient (Wildman–Crippen LogP) is 1.49. The fourth-order valence-corrected chi connectivity index (χ4v) is 5.99. The average Bonchev–Trinajstić information content (AvgIpc) is 3.13. The van der Waals surface area contributed by atoms with E-state index >= 15 is 0 Å². The van der Waals surface area contributed by atoms with Crippen LogP contribution in [0.25, 0.3) is 0 Å². The molecule has 1 saturated heterocycles. The Bertz CT molecular complexity index is 777. The summed E-state index contributed by atoms with van der Waals surface area (Å²) in [6, 6.07) is 5.35. The highest BCUT2D eigenvalue weighted by molar-refractivity contribution is 8.39. The molecule has 10 heteroatoms. The number of carbonyl (C=O) groups is 1. The first-order valence-corrected chi connectivity index (χ1v) is 11.2. The van der Waals surface area contributed by atoms with E-state index in [4.69, 9.17) is 0 Å². The number of halogens is 1. The molecule has 1 aromatic rings. The third-order valence-electron chi connectivity index (χ3n) is 3.92. The van der Waals surface area contributed by atoms with Crippen molar-refractivity contribution >= 4 is 43.8 Å². The summed E-state index contributed by atoms with van der Waals surface area (Å²) in [5, 5.41) is 0. The van der Waals surface area contributed by atoms with Crippen molar-refractivity contribution in [2.45, 2.75) is 4.90 Å². The number of thioether (sulfide) groups is 2. The van der Waals surface area contributed by atoms with E-state index in [1.807, 2.05) is 0 Å². The van der Waals surface area contributed by atoms with Crippen molar-refractivity contribution in [1.29, 1.82) is 0 Å². The lowest BCUT2D eigenvalue weighted by molar-refractivity contribution is -0.129. The molecule has 2 aliphatic rings. The largest absolute Gasteiger partial charge is 0.339 e. The number of amides is 1. The molecule has 2 aliphatic heterocycles. The number of rotatable bonds is 4. The fraction of sp³-hybridized carbons (Fsp3) is 0.467. The molecule has 6 nitrogen and oxygen atoms in total. The van der Waals surface area contributed by atoms with Crippen molar-refractivity contribution in [2.75, 3.05) is 44.2 Å². The third kappa shape index (κ3) is 4.36. The molecule has 0 atom stereocenters. The van der Waals surface area contributed by atoms with Crippen LogP contribution in [0.15, 0.2) is 34.2 Å². The second-order valence-electron chi connectivity index (χ2n) is 5.50. The Labute approximate surface area is 154 Å². The molecule has 0 unspecified atom stereocenters. The quantitative estimate of drug-likeness (QED) is 0.762. The lowest BCUT2D eigenvalue weighted by atomic mass is 10.3. The number of carbonyl (C=O) groups excluding carboxylic acids is 1. The van der Waals surface area contributed by atoms with Crippen molar-refractivity contribution in [3.8, 4) is 0 Å². The van der Waals surface area contributed by atoms with Crippen LogP contribution in [0, 0.1) is 5.82 Å². The highest BCUT2D eigenvalue weighted by atomic mass is 32.2. The molecule has 0 N–H and O–H groups in total. The normalized spacial score (nSPS) is 19.1. The molecule has 25 heavy (non-hydrogen) atoms. The molecule has 1 fully saturated rings. The van der Waals surface area contributed by atoms with Crippen LogP contribution >= 0.6 is 23.5 Å². The predicted molar refractivity (Wildman–Crippen MR) is 99.0 cm³/mol. The molecule has 0 spiro atoms. The zero-order chi connectivity index (χ0) is 17.9. The van der Waals surface area contributed by atoms with Crippen molar-refractivity contribution in [3.05, 3.63) is 30.1 Å². The summed E-state index contributed by atoms with van der Waals surface area (Å²) < 4.78 is 41.1. The van der Waals surface area contributed by atoms with E-state index in [0.717, 1.165) is 22.7 Å². The lowest BCUT2D eigenvalue weighted by Crippen LogP contribution is -2.51. The third-order valence-corrected chi connectivity index (χ3v) is 8.09. The van der Waals surface area contributed by atoms with E-state index in [0.29, 0.717) is 18.8 Å². The summed E-state index contributed by atoms with van der Waals surface area (Å²) >= 11 is 3.08. The van der Waals surface area contributed by atoms with Gasteiger partial charge in [-0.2, -0.15) is 4.31 Å². The standard InChI is InChI=1S/C15H18FN3O3S3/c16-12-3-1-2-4-13(12)25(21,22)19-8-6-18(7-9-19)14(20)11-24-15-17-5-10-23-15/h1-4H,5-11H2. The van der Waals surface area contributed by atoms with E-state index in [-0.39, 0.29) is 23.9 Å². The molecule has 1 amide bonds. The van der Waals surface area contributed by atoms with Crippen molar-refractivity contribution in [3.63, 3.8) is 0 Å². The van der Waals surface area contributed by atoms with Gasteiger partial charge in [-0.25, -0.2) is 12.8 Å². The topological polar surface area (TPSA) is 70.1 Å². The summed E-state index contributed by atoms with van der Waals surface area (Å²) in [6.45, 7) is 1.76. The molecular weight excluding hydrogens is 385 g/mol. The van der Waals surface area contributed by atoms with E-state index in [1.54, 1.807) is 16.7 Å². The lowest BCUT2D eigenvalue weighted by Gasteiger charge is -2.34. The smallest absolute Gasteiger partial charge is 0.246 e. The first kappa shape index (κ1) is 18.7. The number of piperazine rings is 1. The SMILES string of the molecule is O=C(CSC1=NCCS1)N1CCN(S(=O)(=O)c2ccccc2F)CC1. The minimum Gasteiger partial charge on any atom is -0.339 e. The van der Waals surface area contributed by atoms with E-state index < -0.39 is 15.8 Å². The molecule has 1 aromatic carbocycles. The monoisotopic (exact) mass is 403 g/mol. The summed E-state index contributed by atoms with van der Waals surface area (Å²) in [5.74, 6) is 0.491. The number of nitrogens with zero attached hydrogens (tertiary/aromatic N) is 3. The summed E-state index contributed by atoms with van der Waals surface area (Å²) in [6.07, 6.45) is 0. The average molecular weight is 404 g/mol. The van der Waals surface area contributed by atoms with Crippen LogP contribution in [-0.2, 0) is 14.8 Å². The zero-order valence-corrected chi connectivity index (χ0v) is 15.9. The van der Waals surface area contributed by atoms with Gasteiger partial charge in [0.05, 0.1) is 12.3 Å². The van der Waals surface area contributed by atoms with Gasteiger partial charge in [0, 0.05) is 31.9 Å². The Morgan fingerprint density at radius 2 is 1.96 bits per heavy atom. The van der Waals surface area contributed by atoms with E-state index in [1.165, 1.54) is 34.3 Å². The second-order valence-corrected chi connectivity index (χ2v) is 9.71. The first-order chi connectivity index (χ1) is 12.0.